The molecule has 0 aliphatic rings. The van der Waals surface area contributed by atoms with Crippen molar-refractivity contribution in [3.63, 3.8) is 0 Å². The van der Waals surface area contributed by atoms with Crippen LogP contribution < -0.4 is 0 Å². The second kappa shape index (κ2) is 6.67. The van der Waals surface area contributed by atoms with Crippen molar-refractivity contribution in [1.82, 2.24) is 4.98 Å². The van der Waals surface area contributed by atoms with Crippen LogP contribution in [0.2, 0.25) is 0 Å². The van der Waals surface area contributed by atoms with E-state index < -0.39 is 10.9 Å². The van der Waals surface area contributed by atoms with Crippen LogP contribution in [0.3, 0.4) is 0 Å². The molecule has 0 saturated heterocycles. The first-order valence-corrected chi connectivity index (χ1v) is 8.24. The van der Waals surface area contributed by atoms with E-state index in [1.807, 2.05) is 35.7 Å². The normalized spacial score (nSPS) is 10.4. The zero-order valence-electron chi connectivity index (χ0n) is 11.7. The minimum Gasteiger partial charge on any atom is -0.455 e. The molecule has 0 aliphatic carbocycles. The molecule has 0 unspecified atom stereocenters. The predicted octanol–water partition coefficient (Wildman–Crippen LogP) is 4.14. The number of hydrogen-bond acceptors (Lipinski definition) is 7. The smallest absolute Gasteiger partial charge is 0.348 e. The minimum atomic E-state index is -0.586. The Balaban J connectivity index is 1.63. The van der Waals surface area contributed by atoms with E-state index in [0.29, 0.717) is 5.69 Å². The van der Waals surface area contributed by atoms with E-state index in [9.17, 15) is 14.9 Å². The number of thiazole rings is 1. The molecule has 2 aromatic heterocycles. The highest BCUT2D eigenvalue weighted by Crippen LogP contribution is 2.26. The maximum absolute atomic E-state index is 11.9. The van der Waals surface area contributed by atoms with Gasteiger partial charge in [0.1, 0.15) is 16.5 Å². The molecule has 0 atom stereocenters. The third kappa shape index (κ3) is 3.61. The van der Waals surface area contributed by atoms with Crippen molar-refractivity contribution < 1.29 is 14.5 Å². The van der Waals surface area contributed by atoms with Gasteiger partial charge in [0, 0.05) is 17.0 Å². The highest BCUT2D eigenvalue weighted by Gasteiger charge is 2.17. The Kier molecular flexibility index (Phi) is 4.45. The van der Waals surface area contributed by atoms with Crippen molar-refractivity contribution in [2.45, 2.75) is 6.61 Å². The molecule has 3 aromatic rings. The fraction of sp³-hybridized carbons (Fsp3) is 0.0667. The minimum absolute atomic E-state index is 0.0356. The molecule has 0 amide bonds. The molecule has 23 heavy (non-hydrogen) atoms. The molecule has 116 valence electrons. The Morgan fingerprint density at radius 1 is 1.22 bits per heavy atom. The van der Waals surface area contributed by atoms with Gasteiger partial charge in [-0.2, -0.15) is 0 Å². The molecule has 0 spiro atoms. The monoisotopic (exact) mass is 346 g/mol. The highest BCUT2D eigenvalue weighted by molar-refractivity contribution is 7.17. The summed E-state index contributed by atoms with van der Waals surface area (Å²) in [6, 6.07) is 12.4. The van der Waals surface area contributed by atoms with Crippen LogP contribution in [-0.4, -0.2) is 15.9 Å². The van der Waals surface area contributed by atoms with Crippen molar-refractivity contribution in [3.8, 4) is 10.6 Å². The van der Waals surface area contributed by atoms with Crippen LogP contribution >= 0.6 is 22.7 Å². The number of nitro groups is 1. The molecule has 0 bridgehead atoms. The summed E-state index contributed by atoms with van der Waals surface area (Å²) >= 11 is 2.26. The van der Waals surface area contributed by atoms with Crippen LogP contribution in [0.4, 0.5) is 5.00 Å². The van der Waals surface area contributed by atoms with Gasteiger partial charge in [0.25, 0.3) is 0 Å². The Morgan fingerprint density at radius 2 is 2.00 bits per heavy atom. The lowest BCUT2D eigenvalue weighted by Crippen LogP contribution is -2.03. The van der Waals surface area contributed by atoms with Crippen molar-refractivity contribution in [1.29, 1.82) is 0 Å². The van der Waals surface area contributed by atoms with Gasteiger partial charge in [-0.05, 0) is 6.07 Å². The van der Waals surface area contributed by atoms with Crippen molar-refractivity contribution >= 4 is 33.6 Å². The zero-order chi connectivity index (χ0) is 16.2. The molecule has 8 heteroatoms. The lowest BCUT2D eigenvalue weighted by atomic mass is 10.2. The Labute approximate surface area is 139 Å². The molecular weight excluding hydrogens is 336 g/mol. The molecule has 0 fully saturated rings. The largest absolute Gasteiger partial charge is 0.455 e. The number of carbonyl (C=O) groups is 1. The number of nitrogens with zero attached hydrogens (tertiary/aromatic N) is 2. The van der Waals surface area contributed by atoms with Crippen LogP contribution in [0.1, 0.15) is 15.4 Å². The number of thiophene rings is 1. The van der Waals surface area contributed by atoms with Crippen molar-refractivity contribution in [2.75, 3.05) is 0 Å². The molecule has 6 nitrogen and oxygen atoms in total. The van der Waals surface area contributed by atoms with E-state index in [-0.39, 0.29) is 16.5 Å². The standard InChI is InChI=1S/C15H10N2O4S2/c18-15(12-6-7-13(23-12)17(19)20)21-8-11-9-22-14(16-11)10-4-2-1-3-5-10/h1-7,9H,8H2. The number of ether oxygens (including phenoxy) is 1. The van der Waals surface area contributed by atoms with Crippen LogP contribution in [0, 0.1) is 10.1 Å². The lowest BCUT2D eigenvalue weighted by molar-refractivity contribution is -0.380. The van der Waals surface area contributed by atoms with Gasteiger partial charge in [0.2, 0.25) is 0 Å². The molecule has 2 heterocycles. The Bertz CT molecular complexity index is 842. The van der Waals surface area contributed by atoms with Gasteiger partial charge in [-0.1, -0.05) is 41.7 Å². The number of esters is 1. The van der Waals surface area contributed by atoms with Gasteiger partial charge in [-0.25, -0.2) is 9.78 Å². The third-order valence-electron chi connectivity index (χ3n) is 2.90. The molecular formula is C15H10N2O4S2. The highest BCUT2D eigenvalue weighted by atomic mass is 32.1. The van der Waals surface area contributed by atoms with E-state index in [1.165, 1.54) is 23.5 Å². The fourth-order valence-electron chi connectivity index (χ4n) is 1.83. The molecule has 3 rings (SSSR count). The Hall–Kier alpha value is -2.58. The average molecular weight is 346 g/mol. The quantitative estimate of drug-likeness (QED) is 0.394. The summed E-state index contributed by atoms with van der Waals surface area (Å²) in [4.78, 5) is 26.6. The van der Waals surface area contributed by atoms with Crippen molar-refractivity contribution in [2.24, 2.45) is 0 Å². The fourth-order valence-corrected chi connectivity index (χ4v) is 3.36. The first-order valence-electron chi connectivity index (χ1n) is 6.54. The summed E-state index contributed by atoms with van der Waals surface area (Å²) in [5, 5.41) is 13.2. The summed E-state index contributed by atoms with van der Waals surface area (Å²) in [5.74, 6) is -0.586. The molecule has 0 aliphatic heterocycles. The lowest BCUT2D eigenvalue weighted by Gasteiger charge is -2.00. The Morgan fingerprint density at radius 3 is 2.70 bits per heavy atom. The first kappa shape index (κ1) is 15.3. The SMILES string of the molecule is O=C(OCc1csc(-c2ccccc2)n1)c1ccc([N+](=O)[O-])s1. The van der Waals surface area contributed by atoms with Gasteiger partial charge in [-0.3, -0.25) is 10.1 Å². The summed E-state index contributed by atoms with van der Waals surface area (Å²) in [6.07, 6.45) is 0. The van der Waals surface area contributed by atoms with Crippen LogP contribution in [0.25, 0.3) is 10.6 Å². The van der Waals surface area contributed by atoms with Gasteiger partial charge in [0.05, 0.1) is 10.6 Å². The van der Waals surface area contributed by atoms with E-state index in [2.05, 4.69) is 4.98 Å². The number of aromatic nitrogens is 1. The van der Waals surface area contributed by atoms with E-state index in [1.54, 1.807) is 0 Å². The number of carbonyl (C=O) groups excluding carboxylic acids is 1. The van der Waals surface area contributed by atoms with E-state index in [0.717, 1.165) is 21.9 Å². The molecule has 1 aromatic carbocycles. The van der Waals surface area contributed by atoms with Crippen molar-refractivity contribution in [3.05, 3.63) is 68.5 Å². The summed E-state index contributed by atoms with van der Waals surface area (Å²) < 4.78 is 5.15. The molecule has 0 saturated carbocycles. The summed E-state index contributed by atoms with van der Waals surface area (Å²) in [5.41, 5.74) is 1.65. The topological polar surface area (TPSA) is 82.3 Å². The van der Waals surface area contributed by atoms with Gasteiger partial charge in [0.15, 0.2) is 0 Å². The van der Waals surface area contributed by atoms with E-state index >= 15 is 0 Å². The number of rotatable bonds is 5. The average Bonchev–Trinajstić information content (AvgIpc) is 3.23. The molecule has 0 N–H and O–H groups in total. The first-order chi connectivity index (χ1) is 11.1. The summed E-state index contributed by atoms with van der Waals surface area (Å²) in [6.45, 7) is 0.0356. The van der Waals surface area contributed by atoms with Gasteiger partial charge in [-0.15, -0.1) is 11.3 Å². The maximum atomic E-state index is 11.9. The van der Waals surface area contributed by atoms with Crippen LogP contribution in [-0.2, 0) is 11.3 Å². The second-order valence-electron chi connectivity index (χ2n) is 4.48. The second-order valence-corrected chi connectivity index (χ2v) is 6.40. The van der Waals surface area contributed by atoms with Gasteiger partial charge < -0.3 is 4.74 Å². The van der Waals surface area contributed by atoms with E-state index in [4.69, 9.17) is 4.74 Å². The predicted molar refractivity (Wildman–Crippen MR) is 87.6 cm³/mol. The maximum Gasteiger partial charge on any atom is 0.348 e. The number of hydrogen-bond donors (Lipinski definition) is 0. The summed E-state index contributed by atoms with van der Waals surface area (Å²) in [7, 11) is 0. The van der Waals surface area contributed by atoms with Crippen LogP contribution in [0.15, 0.2) is 47.8 Å². The zero-order valence-corrected chi connectivity index (χ0v) is 13.3. The number of benzene rings is 1. The molecule has 0 radical (unpaired) electrons. The van der Waals surface area contributed by atoms with Gasteiger partial charge >= 0.3 is 11.0 Å². The van der Waals surface area contributed by atoms with Crippen LogP contribution in [0.5, 0.6) is 0 Å². The third-order valence-corrected chi connectivity index (χ3v) is 4.85.